The van der Waals surface area contributed by atoms with Gasteiger partial charge in [-0.2, -0.15) is 0 Å². The molecular formula is C11H14N2OS. The van der Waals surface area contributed by atoms with Crippen molar-refractivity contribution in [3.63, 3.8) is 0 Å². The third-order valence-corrected chi connectivity index (χ3v) is 3.19. The SMILES string of the molecule is Cc1ncsc1CNCCc1ccco1. The Balaban J connectivity index is 1.70. The molecule has 0 unspecified atom stereocenters. The molecule has 0 aliphatic rings. The Bertz CT molecular complexity index is 394. The van der Waals surface area contributed by atoms with Gasteiger partial charge in [-0.1, -0.05) is 0 Å². The molecule has 2 heterocycles. The molecule has 0 saturated heterocycles. The predicted octanol–water partition coefficient (Wildman–Crippen LogP) is 2.38. The highest BCUT2D eigenvalue weighted by Gasteiger charge is 2.00. The van der Waals surface area contributed by atoms with Crippen LogP contribution >= 0.6 is 11.3 Å². The van der Waals surface area contributed by atoms with Crippen LogP contribution in [0.4, 0.5) is 0 Å². The van der Waals surface area contributed by atoms with E-state index in [1.54, 1.807) is 17.6 Å². The molecule has 2 aromatic heterocycles. The first-order valence-electron chi connectivity index (χ1n) is 4.98. The number of aromatic nitrogens is 1. The molecule has 1 N–H and O–H groups in total. The number of rotatable bonds is 5. The number of hydrogen-bond donors (Lipinski definition) is 1. The Morgan fingerprint density at radius 2 is 2.47 bits per heavy atom. The van der Waals surface area contributed by atoms with E-state index in [-0.39, 0.29) is 0 Å². The summed E-state index contributed by atoms with van der Waals surface area (Å²) >= 11 is 1.70. The van der Waals surface area contributed by atoms with E-state index in [2.05, 4.69) is 10.3 Å². The van der Waals surface area contributed by atoms with Crippen LogP contribution in [0.15, 0.2) is 28.3 Å². The standard InChI is InChI=1S/C11H14N2OS/c1-9-11(15-8-13-9)7-12-5-4-10-3-2-6-14-10/h2-3,6,8,12H,4-5,7H2,1H3. The molecule has 2 rings (SSSR count). The van der Waals surface area contributed by atoms with Crippen molar-refractivity contribution >= 4 is 11.3 Å². The zero-order valence-corrected chi connectivity index (χ0v) is 9.51. The minimum absolute atomic E-state index is 0.900. The highest BCUT2D eigenvalue weighted by molar-refractivity contribution is 7.09. The van der Waals surface area contributed by atoms with Crippen molar-refractivity contribution in [2.24, 2.45) is 0 Å². The van der Waals surface area contributed by atoms with E-state index >= 15 is 0 Å². The number of hydrogen-bond acceptors (Lipinski definition) is 4. The first kappa shape index (κ1) is 10.4. The van der Waals surface area contributed by atoms with Crippen LogP contribution in [0.1, 0.15) is 16.3 Å². The molecule has 0 aliphatic heterocycles. The van der Waals surface area contributed by atoms with Gasteiger partial charge in [0.05, 0.1) is 17.5 Å². The maximum Gasteiger partial charge on any atom is 0.105 e. The Labute approximate surface area is 93.2 Å². The summed E-state index contributed by atoms with van der Waals surface area (Å²) in [6.45, 7) is 3.88. The maximum absolute atomic E-state index is 5.24. The van der Waals surface area contributed by atoms with E-state index < -0.39 is 0 Å². The number of aryl methyl sites for hydroxylation is 1. The molecule has 2 aromatic rings. The van der Waals surface area contributed by atoms with Crippen molar-refractivity contribution in [2.45, 2.75) is 19.9 Å². The zero-order chi connectivity index (χ0) is 10.5. The number of furan rings is 1. The van der Waals surface area contributed by atoms with Gasteiger partial charge in [0, 0.05) is 24.4 Å². The summed E-state index contributed by atoms with van der Waals surface area (Å²) in [5.41, 5.74) is 3.02. The van der Waals surface area contributed by atoms with E-state index in [0.717, 1.165) is 31.0 Å². The van der Waals surface area contributed by atoms with Crippen LogP contribution in [-0.4, -0.2) is 11.5 Å². The summed E-state index contributed by atoms with van der Waals surface area (Å²) in [5, 5.41) is 3.38. The summed E-state index contributed by atoms with van der Waals surface area (Å²) in [6, 6.07) is 3.92. The second-order valence-electron chi connectivity index (χ2n) is 3.37. The fraction of sp³-hybridized carbons (Fsp3) is 0.364. The first-order valence-corrected chi connectivity index (χ1v) is 5.86. The van der Waals surface area contributed by atoms with Crippen LogP contribution < -0.4 is 5.32 Å². The lowest BCUT2D eigenvalue weighted by molar-refractivity contribution is 0.499. The third kappa shape index (κ3) is 2.91. The first-order chi connectivity index (χ1) is 7.36. The molecule has 80 valence electrons. The smallest absolute Gasteiger partial charge is 0.105 e. The molecule has 0 spiro atoms. The van der Waals surface area contributed by atoms with E-state index in [4.69, 9.17) is 4.42 Å². The molecule has 0 aromatic carbocycles. The van der Waals surface area contributed by atoms with Gasteiger partial charge in [0.25, 0.3) is 0 Å². The average Bonchev–Trinajstić information content (AvgIpc) is 2.85. The molecule has 0 amide bonds. The van der Waals surface area contributed by atoms with Gasteiger partial charge in [-0.3, -0.25) is 0 Å². The van der Waals surface area contributed by atoms with Gasteiger partial charge in [0.2, 0.25) is 0 Å². The minimum Gasteiger partial charge on any atom is -0.469 e. The number of nitrogens with zero attached hydrogens (tertiary/aromatic N) is 1. The van der Waals surface area contributed by atoms with Crippen LogP contribution in [0, 0.1) is 6.92 Å². The summed E-state index contributed by atoms with van der Waals surface area (Å²) in [4.78, 5) is 5.52. The van der Waals surface area contributed by atoms with Gasteiger partial charge < -0.3 is 9.73 Å². The van der Waals surface area contributed by atoms with Crippen LogP contribution in [0.5, 0.6) is 0 Å². The fourth-order valence-electron chi connectivity index (χ4n) is 1.36. The van der Waals surface area contributed by atoms with Crippen molar-refractivity contribution in [3.05, 3.63) is 40.2 Å². The fourth-order valence-corrected chi connectivity index (χ4v) is 2.11. The Morgan fingerprint density at radius 1 is 1.53 bits per heavy atom. The molecule has 15 heavy (non-hydrogen) atoms. The van der Waals surface area contributed by atoms with Gasteiger partial charge in [-0.05, 0) is 19.1 Å². The molecule has 0 saturated carbocycles. The molecule has 0 bridgehead atoms. The van der Waals surface area contributed by atoms with Gasteiger partial charge in [-0.15, -0.1) is 11.3 Å². The van der Waals surface area contributed by atoms with Gasteiger partial charge in [0.15, 0.2) is 0 Å². The molecule has 0 aliphatic carbocycles. The summed E-state index contributed by atoms with van der Waals surface area (Å²) in [6.07, 6.45) is 2.65. The Hall–Kier alpha value is -1.13. The van der Waals surface area contributed by atoms with Crippen LogP contribution in [0.25, 0.3) is 0 Å². The number of nitrogens with one attached hydrogen (secondary N) is 1. The van der Waals surface area contributed by atoms with Crippen molar-refractivity contribution in [2.75, 3.05) is 6.54 Å². The van der Waals surface area contributed by atoms with Gasteiger partial charge in [-0.25, -0.2) is 4.98 Å². The van der Waals surface area contributed by atoms with E-state index in [1.165, 1.54) is 4.88 Å². The second-order valence-corrected chi connectivity index (χ2v) is 4.31. The molecule has 3 nitrogen and oxygen atoms in total. The zero-order valence-electron chi connectivity index (χ0n) is 8.69. The van der Waals surface area contributed by atoms with E-state index in [0.29, 0.717) is 0 Å². The second kappa shape index (κ2) is 5.09. The van der Waals surface area contributed by atoms with Gasteiger partial charge >= 0.3 is 0 Å². The highest BCUT2D eigenvalue weighted by Crippen LogP contribution is 2.11. The topological polar surface area (TPSA) is 38.1 Å². The quantitative estimate of drug-likeness (QED) is 0.789. The number of thiazole rings is 1. The predicted molar refractivity (Wildman–Crippen MR) is 61.0 cm³/mol. The largest absolute Gasteiger partial charge is 0.469 e. The van der Waals surface area contributed by atoms with Crippen molar-refractivity contribution in [3.8, 4) is 0 Å². The third-order valence-electron chi connectivity index (χ3n) is 2.26. The molecular weight excluding hydrogens is 208 g/mol. The molecule has 0 radical (unpaired) electrons. The van der Waals surface area contributed by atoms with Gasteiger partial charge in [0.1, 0.15) is 5.76 Å². The van der Waals surface area contributed by atoms with E-state index in [1.807, 2.05) is 24.6 Å². The summed E-state index contributed by atoms with van der Waals surface area (Å²) in [5.74, 6) is 1.03. The summed E-state index contributed by atoms with van der Waals surface area (Å²) in [7, 11) is 0. The monoisotopic (exact) mass is 222 g/mol. The molecule has 4 heteroatoms. The van der Waals surface area contributed by atoms with Crippen LogP contribution in [0.2, 0.25) is 0 Å². The average molecular weight is 222 g/mol. The lowest BCUT2D eigenvalue weighted by atomic mass is 10.3. The van der Waals surface area contributed by atoms with E-state index in [9.17, 15) is 0 Å². The molecule has 0 fully saturated rings. The van der Waals surface area contributed by atoms with Crippen molar-refractivity contribution in [1.29, 1.82) is 0 Å². The Morgan fingerprint density at radius 3 is 3.13 bits per heavy atom. The normalized spacial score (nSPS) is 10.7. The summed E-state index contributed by atoms with van der Waals surface area (Å²) < 4.78 is 5.24. The lowest BCUT2D eigenvalue weighted by Crippen LogP contribution is -2.16. The molecule has 0 atom stereocenters. The minimum atomic E-state index is 0.900. The van der Waals surface area contributed by atoms with Crippen LogP contribution in [-0.2, 0) is 13.0 Å². The lowest BCUT2D eigenvalue weighted by Gasteiger charge is -2.01. The highest BCUT2D eigenvalue weighted by atomic mass is 32.1. The van der Waals surface area contributed by atoms with Crippen molar-refractivity contribution in [1.82, 2.24) is 10.3 Å². The Kier molecular flexibility index (Phi) is 3.53. The van der Waals surface area contributed by atoms with Crippen LogP contribution in [0.3, 0.4) is 0 Å². The van der Waals surface area contributed by atoms with Crippen molar-refractivity contribution < 1.29 is 4.42 Å². The maximum atomic E-state index is 5.24.